The summed E-state index contributed by atoms with van der Waals surface area (Å²) in [5, 5.41) is 4.60. The minimum atomic E-state index is -0.383. The molecule has 0 spiro atoms. The highest BCUT2D eigenvalue weighted by Crippen LogP contribution is 2.40. The number of fused-ring (bicyclic) bond motifs is 1. The monoisotopic (exact) mass is 561 g/mol. The Balaban J connectivity index is 0.000000403. The summed E-state index contributed by atoms with van der Waals surface area (Å²) in [6, 6.07) is 2.35. The molecule has 3 aliphatic carbocycles. The molecule has 0 amide bonds. The van der Waals surface area contributed by atoms with Crippen LogP contribution in [0.1, 0.15) is 88.1 Å². The molecule has 6 rings (SSSR count). The van der Waals surface area contributed by atoms with Gasteiger partial charge in [0.25, 0.3) is 5.56 Å². The number of nitrogens with zero attached hydrogens (tertiary/aromatic N) is 4. The highest BCUT2D eigenvalue weighted by molar-refractivity contribution is 6.37. The molecule has 1 unspecified atom stereocenters. The van der Waals surface area contributed by atoms with Gasteiger partial charge in [-0.05, 0) is 51.0 Å². The average Bonchev–Trinajstić information content (AvgIpc) is 3.47. The molecule has 3 aromatic rings. The lowest BCUT2D eigenvalue weighted by molar-refractivity contribution is 0.441. The fraction of sp³-hybridized carbons (Fsp3) is 0.516. The van der Waals surface area contributed by atoms with Crippen LogP contribution in [0.3, 0.4) is 0 Å². The van der Waals surface area contributed by atoms with E-state index in [1.54, 1.807) is 18.6 Å². The zero-order valence-corrected chi connectivity index (χ0v) is 24.3. The number of nitrogens with one attached hydrogen (secondary N) is 2. The molecule has 3 aliphatic rings. The Morgan fingerprint density at radius 2 is 1.82 bits per heavy atom. The first-order chi connectivity index (χ1) is 19.3. The fourth-order valence-corrected chi connectivity index (χ4v) is 6.27. The number of hydrogen-bond donors (Lipinski definition) is 3. The molecule has 9 heteroatoms. The van der Waals surface area contributed by atoms with Gasteiger partial charge >= 0.3 is 0 Å². The van der Waals surface area contributed by atoms with Crippen molar-refractivity contribution < 1.29 is 0 Å². The van der Waals surface area contributed by atoms with Crippen molar-refractivity contribution >= 4 is 34.2 Å². The Hall–Kier alpha value is -3.10. The summed E-state index contributed by atoms with van der Waals surface area (Å²) in [4.78, 5) is 33.7. The van der Waals surface area contributed by atoms with Crippen molar-refractivity contribution in [3.63, 3.8) is 0 Å². The minimum absolute atomic E-state index is 0.223. The number of hydrogen-bond acceptors (Lipinski definition) is 7. The smallest absolute Gasteiger partial charge is 0.257 e. The van der Waals surface area contributed by atoms with Crippen LogP contribution in [0.15, 0.2) is 46.6 Å². The first-order valence-corrected chi connectivity index (χ1v) is 15.0. The predicted molar refractivity (Wildman–Crippen MR) is 162 cm³/mol. The quantitative estimate of drug-likeness (QED) is 0.340. The van der Waals surface area contributed by atoms with E-state index in [1.807, 2.05) is 25.1 Å². The Kier molecular flexibility index (Phi) is 8.96. The summed E-state index contributed by atoms with van der Waals surface area (Å²) in [6.45, 7) is 4.86. The lowest BCUT2D eigenvalue weighted by Gasteiger charge is -2.29. The number of anilines is 1. The molecule has 4 N–H and O–H groups in total. The van der Waals surface area contributed by atoms with Gasteiger partial charge in [-0.3, -0.25) is 14.8 Å². The van der Waals surface area contributed by atoms with E-state index in [0.29, 0.717) is 46.1 Å². The normalized spacial score (nSPS) is 21.9. The number of halogens is 1. The summed E-state index contributed by atoms with van der Waals surface area (Å²) in [7, 11) is 0. The minimum Gasteiger partial charge on any atom is -0.354 e. The van der Waals surface area contributed by atoms with Crippen molar-refractivity contribution in [2.24, 2.45) is 11.7 Å². The molecule has 8 nitrogen and oxygen atoms in total. The first-order valence-electron chi connectivity index (χ1n) is 14.6. The fourth-order valence-electron chi connectivity index (χ4n) is 5.85. The van der Waals surface area contributed by atoms with E-state index in [2.05, 4.69) is 37.2 Å². The number of pyridine rings is 1. The van der Waals surface area contributed by atoms with Gasteiger partial charge in [0, 0.05) is 58.1 Å². The Labute approximate surface area is 241 Å². The van der Waals surface area contributed by atoms with Gasteiger partial charge in [-0.2, -0.15) is 4.98 Å². The molecule has 3 aromatic heterocycles. The van der Waals surface area contributed by atoms with Crippen molar-refractivity contribution in [1.82, 2.24) is 24.9 Å². The Morgan fingerprint density at radius 1 is 1.07 bits per heavy atom. The molecule has 0 aliphatic heterocycles. The highest BCUT2D eigenvalue weighted by atomic mass is 35.5. The average molecular weight is 562 g/mol. The van der Waals surface area contributed by atoms with Crippen molar-refractivity contribution in [3.05, 3.63) is 69.1 Å². The Bertz CT molecular complexity index is 1450. The van der Waals surface area contributed by atoms with Crippen molar-refractivity contribution in [2.45, 2.75) is 89.5 Å². The standard InChI is InChI=1S/C25H27ClN6O.C6H13N/c1-15-11-27-14-21(30-15)25(2)8-7-18(20(26)10-25)19-9-17-13-29-24(32-22(17)31-23(19)33)28-12-16-5-3-4-6-16;7-6-4-2-1-3-5-6/h7,9-11,13-14,16H,3-6,8,12H2,1-2H3,(H2,28,29,31,32,33);6H,1-5,7H2. The second-order valence-corrected chi connectivity index (χ2v) is 12.1. The number of H-pyrrole nitrogens is 1. The van der Waals surface area contributed by atoms with Crippen LogP contribution >= 0.6 is 11.6 Å². The number of rotatable bonds is 5. The molecule has 2 fully saturated rings. The van der Waals surface area contributed by atoms with Crippen LogP contribution in [0, 0.1) is 12.8 Å². The number of nitrogens with two attached hydrogens (primary N) is 1. The second kappa shape index (κ2) is 12.6. The molecule has 2 saturated carbocycles. The van der Waals surface area contributed by atoms with Gasteiger partial charge in [0.05, 0.1) is 11.4 Å². The first kappa shape index (κ1) is 28.4. The maximum Gasteiger partial charge on any atom is 0.257 e. The lowest BCUT2D eigenvalue weighted by Crippen LogP contribution is -2.24. The van der Waals surface area contributed by atoms with Crippen LogP contribution in [0.2, 0.25) is 0 Å². The van der Waals surface area contributed by atoms with E-state index >= 15 is 0 Å². The van der Waals surface area contributed by atoms with Crippen molar-refractivity contribution in [3.8, 4) is 0 Å². The topological polar surface area (TPSA) is 122 Å². The molecule has 212 valence electrons. The van der Waals surface area contributed by atoms with Gasteiger partial charge in [-0.25, -0.2) is 4.98 Å². The van der Waals surface area contributed by atoms with E-state index in [-0.39, 0.29) is 11.0 Å². The molecule has 0 saturated heterocycles. The molecule has 40 heavy (non-hydrogen) atoms. The zero-order chi connectivity index (χ0) is 28.1. The lowest BCUT2D eigenvalue weighted by atomic mass is 9.78. The van der Waals surface area contributed by atoms with Crippen molar-refractivity contribution in [1.29, 1.82) is 0 Å². The summed E-state index contributed by atoms with van der Waals surface area (Å²) < 4.78 is 0. The van der Waals surface area contributed by atoms with Gasteiger partial charge in [-0.1, -0.05) is 62.8 Å². The van der Waals surface area contributed by atoms with Gasteiger partial charge in [-0.15, -0.1) is 0 Å². The van der Waals surface area contributed by atoms with Crippen LogP contribution in [-0.4, -0.2) is 37.5 Å². The zero-order valence-electron chi connectivity index (χ0n) is 23.5. The van der Waals surface area contributed by atoms with Crippen LogP contribution in [0.4, 0.5) is 5.95 Å². The summed E-state index contributed by atoms with van der Waals surface area (Å²) >= 11 is 6.69. The third-order valence-electron chi connectivity index (χ3n) is 8.33. The molecule has 3 heterocycles. The van der Waals surface area contributed by atoms with Gasteiger partial charge < -0.3 is 16.0 Å². The van der Waals surface area contributed by atoms with E-state index in [0.717, 1.165) is 23.3 Å². The second-order valence-electron chi connectivity index (χ2n) is 11.7. The maximum atomic E-state index is 12.9. The van der Waals surface area contributed by atoms with Crippen LogP contribution in [-0.2, 0) is 5.41 Å². The van der Waals surface area contributed by atoms with Gasteiger partial charge in [0.2, 0.25) is 5.95 Å². The van der Waals surface area contributed by atoms with E-state index in [4.69, 9.17) is 17.3 Å². The third-order valence-corrected chi connectivity index (χ3v) is 8.64. The van der Waals surface area contributed by atoms with E-state index < -0.39 is 0 Å². The number of aryl methyl sites for hydroxylation is 1. The molecule has 1 atom stereocenters. The van der Waals surface area contributed by atoms with Gasteiger partial charge in [0.1, 0.15) is 5.65 Å². The van der Waals surface area contributed by atoms with E-state index in [9.17, 15) is 4.79 Å². The molecular weight excluding hydrogens is 522 g/mol. The molecular formula is C31H40ClN7O. The van der Waals surface area contributed by atoms with Crippen LogP contribution in [0.5, 0.6) is 0 Å². The number of allylic oxidation sites excluding steroid dienone is 4. The summed E-state index contributed by atoms with van der Waals surface area (Å²) in [6.07, 6.45) is 21.6. The number of aromatic nitrogens is 5. The molecule has 0 bridgehead atoms. The van der Waals surface area contributed by atoms with E-state index in [1.165, 1.54) is 57.8 Å². The maximum absolute atomic E-state index is 12.9. The summed E-state index contributed by atoms with van der Waals surface area (Å²) in [5.74, 6) is 1.22. The van der Waals surface area contributed by atoms with Gasteiger partial charge in [0.15, 0.2) is 0 Å². The van der Waals surface area contributed by atoms with Crippen LogP contribution in [0.25, 0.3) is 16.6 Å². The summed E-state index contributed by atoms with van der Waals surface area (Å²) in [5.41, 5.74) is 8.48. The van der Waals surface area contributed by atoms with Crippen molar-refractivity contribution in [2.75, 3.05) is 11.9 Å². The SMILES string of the molecule is Cc1cncc(C2(C)C=C(Cl)C(c3cc4cnc(NCC5CCCC5)nc4[nH]c3=O)=CC2)n1.NC1CCCCC1. The third kappa shape index (κ3) is 6.78. The highest BCUT2D eigenvalue weighted by Gasteiger charge is 2.31. The largest absolute Gasteiger partial charge is 0.354 e. The Morgan fingerprint density at radius 3 is 2.50 bits per heavy atom. The van der Waals surface area contributed by atoms with Crippen LogP contribution < -0.4 is 16.6 Å². The predicted octanol–water partition coefficient (Wildman–Crippen LogP) is 6.16. The molecule has 0 aromatic carbocycles. The number of aromatic amines is 1. The molecule has 0 radical (unpaired) electrons.